The molecule has 0 atom stereocenters. The maximum Gasteiger partial charge on any atom is 0.217 e. The Bertz CT molecular complexity index is 656. The van der Waals surface area contributed by atoms with Crippen LogP contribution in [-0.4, -0.2) is 14.6 Å². The van der Waals surface area contributed by atoms with Crippen molar-refractivity contribution in [3.63, 3.8) is 0 Å². The molecule has 0 aromatic carbocycles. The first-order valence-corrected chi connectivity index (χ1v) is 5.20. The Morgan fingerprint density at radius 1 is 1.25 bits per heavy atom. The van der Waals surface area contributed by atoms with E-state index in [0.29, 0.717) is 22.4 Å². The summed E-state index contributed by atoms with van der Waals surface area (Å²) >= 11 is 5.99. The molecule has 3 rings (SSSR count). The highest BCUT2D eigenvalue weighted by atomic mass is 35.5. The van der Waals surface area contributed by atoms with Crippen LogP contribution in [0.4, 0.5) is 0 Å². The third-order valence-corrected chi connectivity index (χ3v) is 2.56. The van der Waals surface area contributed by atoms with Crippen molar-refractivity contribution in [3.8, 4) is 11.6 Å². The Hall–Kier alpha value is -1.81. The number of aromatic nitrogens is 3. The van der Waals surface area contributed by atoms with Gasteiger partial charge in [0.1, 0.15) is 10.9 Å². The van der Waals surface area contributed by atoms with Gasteiger partial charge in [0.25, 0.3) is 0 Å². The Morgan fingerprint density at radius 2 is 2.12 bits per heavy atom. The summed E-state index contributed by atoms with van der Waals surface area (Å²) in [5.41, 5.74) is 0.705. The Balaban J connectivity index is 2.22. The van der Waals surface area contributed by atoms with Crippen LogP contribution in [0, 0.1) is 6.92 Å². The van der Waals surface area contributed by atoms with Crippen LogP contribution < -0.4 is 0 Å². The number of fused-ring (bicyclic) bond motifs is 1. The fourth-order valence-corrected chi connectivity index (χ4v) is 1.73. The quantitative estimate of drug-likeness (QED) is 0.607. The van der Waals surface area contributed by atoms with Gasteiger partial charge < -0.3 is 4.42 Å². The van der Waals surface area contributed by atoms with Gasteiger partial charge in [0.2, 0.25) is 5.82 Å². The smallest absolute Gasteiger partial charge is 0.217 e. The molecule has 5 heteroatoms. The van der Waals surface area contributed by atoms with Crippen LogP contribution in [-0.2, 0) is 0 Å². The summed E-state index contributed by atoms with van der Waals surface area (Å²) in [6, 6.07) is 9.17. The summed E-state index contributed by atoms with van der Waals surface area (Å²) in [4.78, 5) is 4.33. The normalized spacial score (nSPS) is 11.1. The van der Waals surface area contributed by atoms with Crippen LogP contribution >= 0.6 is 11.6 Å². The van der Waals surface area contributed by atoms with Gasteiger partial charge >= 0.3 is 0 Å². The van der Waals surface area contributed by atoms with Gasteiger partial charge in [-0.15, -0.1) is 5.10 Å². The first-order valence-electron chi connectivity index (χ1n) is 4.82. The van der Waals surface area contributed by atoms with E-state index >= 15 is 0 Å². The van der Waals surface area contributed by atoms with Gasteiger partial charge in [-0.3, -0.25) is 0 Å². The lowest BCUT2D eigenvalue weighted by Gasteiger charge is -1.91. The van der Waals surface area contributed by atoms with E-state index in [-0.39, 0.29) is 0 Å². The number of aryl methyl sites for hydroxylation is 1. The molecule has 0 spiro atoms. The average Bonchev–Trinajstić information content (AvgIpc) is 2.84. The molecule has 3 aromatic rings. The van der Waals surface area contributed by atoms with Crippen molar-refractivity contribution >= 4 is 17.2 Å². The van der Waals surface area contributed by atoms with Crippen molar-refractivity contribution in [2.75, 3.05) is 0 Å². The molecule has 80 valence electrons. The van der Waals surface area contributed by atoms with Crippen molar-refractivity contribution < 1.29 is 4.42 Å². The molecule has 3 heterocycles. The van der Waals surface area contributed by atoms with Crippen LogP contribution in [0.2, 0.25) is 5.15 Å². The Morgan fingerprint density at radius 3 is 2.81 bits per heavy atom. The number of nitrogens with zero attached hydrogens (tertiary/aromatic N) is 3. The minimum Gasteiger partial charge on any atom is -0.458 e. The number of halogens is 1. The minimum atomic E-state index is 0.527. The highest BCUT2D eigenvalue weighted by molar-refractivity contribution is 6.29. The third-order valence-electron chi connectivity index (χ3n) is 2.27. The predicted molar refractivity (Wildman–Crippen MR) is 60.4 cm³/mol. The van der Waals surface area contributed by atoms with E-state index in [2.05, 4.69) is 10.1 Å². The third kappa shape index (κ3) is 1.39. The molecule has 0 aliphatic carbocycles. The Labute approximate surface area is 96.5 Å². The molecule has 0 amide bonds. The molecule has 0 aliphatic rings. The van der Waals surface area contributed by atoms with Gasteiger partial charge in [-0.2, -0.15) is 0 Å². The first kappa shape index (κ1) is 9.42. The molecule has 4 nitrogen and oxygen atoms in total. The number of pyridine rings is 1. The highest BCUT2D eigenvalue weighted by Crippen LogP contribution is 2.20. The number of furan rings is 1. The lowest BCUT2D eigenvalue weighted by molar-refractivity contribution is 0.544. The second kappa shape index (κ2) is 3.35. The van der Waals surface area contributed by atoms with Gasteiger partial charge in [-0.1, -0.05) is 17.7 Å². The lowest BCUT2D eigenvalue weighted by atomic mass is 10.4. The van der Waals surface area contributed by atoms with E-state index < -0.39 is 0 Å². The van der Waals surface area contributed by atoms with Crippen LogP contribution in [0.25, 0.3) is 17.2 Å². The summed E-state index contributed by atoms with van der Waals surface area (Å²) in [5, 5.41) is 4.80. The topological polar surface area (TPSA) is 43.3 Å². The predicted octanol–water partition coefficient (Wildman–Crippen LogP) is 2.95. The molecule has 3 aromatic heterocycles. The highest BCUT2D eigenvalue weighted by Gasteiger charge is 2.10. The standard InChI is InChI=1S/C11H8ClN3O/c1-7-5-6-8(16-7)11-13-10-4-2-3-9(12)15(10)14-11/h2-6H,1H3. The average molecular weight is 234 g/mol. The summed E-state index contributed by atoms with van der Waals surface area (Å²) < 4.78 is 7.04. The summed E-state index contributed by atoms with van der Waals surface area (Å²) in [6.45, 7) is 1.88. The van der Waals surface area contributed by atoms with Crippen molar-refractivity contribution in [1.82, 2.24) is 14.6 Å². The molecular formula is C11H8ClN3O. The molecule has 0 saturated heterocycles. The number of hydrogen-bond acceptors (Lipinski definition) is 3. The zero-order valence-electron chi connectivity index (χ0n) is 8.51. The van der Waals surface area contributed by atoms with Gasteiger partial charge in [-0.05, 0) is 31.2 Å². The van der Waals surface area contributed by atoms with Crippen LogP contribution in [0.5, 0.6) is 0 Å². The molecular weight excluding hydrogens is 226 g/mol. The Kier molecular flexibility index (Phi) is 1.97. The van der Waals surface area contributed by atoms with Crippen molar-refractivity contribution in [2.24, 2.45) is 0 Å². The summed E-state index contributed by atoms with van der Waals surface area (Å²) in [6.07, 6.45) is 0. The van der Waals surface area contributed by atoms with Gasteiger partial charge in [0.15, 0.2) is 11.4 Å². The van der Waals surface area contributed by atoms with Gasteiger partial charge in [-0.25, -0.2) is 9.50 Å². The fraction of sp³-hybridized carbons (Fsp3) is 0.0909. The van der Waals surface area contributed by atoms with Crippen molar-refractivity contribution in [3.05, 3.63) is 41.2 Å². The van der Waals surface area contributed by atoms with E-state index in [0.717, 1.165) is 5.76 Å². The van der Waals surface area contributed by atoms with E-state index in [1.165, 1.54) is 0 Å². The largest absolute Gasteiger partial charge is 0.458 e. The van der Waals surface area contributed by atoms with E-state index in [9.17, 15) is 0 Å². The second-order valence-corrected chi connectivity index (χ2v) is 3.85. The molecule has 16 heavy (non-hydrogen) atoms. The summed E-state index contributed by atoms with van der Waals surface area (Å²) in [5.74, 6) is 2.03. The van der Waals surface area contributed by atoms with Gasteiger partial charge in [0, 0.05) is 0 Å². The fourth-order valence-electron chi connectivity index (χ4n) is 1.53. The first-order chi connectivity index (χ1) is 7.74. The zero-order valence-corrected chi connectivity index (χ0v) is 9.27. The van der Waals surface area contributed by atoms with Crippen molar-refractivity contribution in [1.29, 1.82) is 0 Å². The lowest BCUT2D eigenvalue weighted by Crippen LogP contribution is -1.87. The molecule has 0 aliphatic heterocycles. The summed E-state index contributed by atoms with van der Waals surface area (Å²) in [7, 11) is 0. The van der Waals surface area contributed by atoms with E-state index in [1.54, 1.807) is 10.6 Å². The maximum absolute atomic E-state index is 5.99. The monoisotopic (exact) mass is 233 g/mol. The van der Waals surface area contributed by atoms with Crippen LogP contribution in [0.3, 0.4) is 0 Å². The van der Waals surface area contributed by atoms with Crippen LogP contribution in [0.15, 0.2) is 34.7 Å². The minimum absolute atomic E-state index is 0.527. The zero-order chi connectivity index (χ0) is 11.1. The van der Waals surface area contributed by atoms with E-state index in [1.807, 2.05) is 31.2 Å². The van der Waals surface area contributed by atoms with Gasteiger partial charge in [0.05, 0.1) is 0 Å². The second-order valence-electron chi connectivity index (χ2n) is 3.46. The molecule has 0 unspecified atom stereocenters. The maximum atomic E-state index is 5.99. The molecule has 0 fully saturated rings. The SMILES string of the molecule is Cc1ccc(-c2nc3cccc(Cl)n3n2)o1. The molecule has 0 N–H and O–H groups in total. The van der Waals surface area contributed by atoms with Crippen molar-refractivity contribution in [2.45, 2.75) is 6.92 Å². The molecule has 0 radical (unpaired) electrons. The van der Waals surface area contributed by atoms with Crippen LogP contribution in [0.1, 0.15) is 5.76 Å². The van der Waals surface area contributed by atoms with E-state index in [4.69, 9.17) is 16.0 Å². The molecule has 0 bridgehead atoms. The molecule has 0 saturated carbocycles. The number of hydrogen-bond donors (Lipinski definition) is 0. The number of rotatable bonds is 1.